The number of ether oxygens (including phenoxy) is 1. The fourth-order valence-electron chi connectivity index (χ4n) is 6.15. The number of anilines is 1. The molecule has 2 N–H and O–H groups in total. The second-order valence-corrected chi connectivity index (χ2v) is 10.7. The van der Waals surface area contributed by atoms with Crippen molar-refractivity contribution in [2.45, 2.75) is 70.8 Å². The van der Waals surface area contributed by atoms with Crippen LogP contribution in [0.5, 0.6) is 0 Å². The number of carboxylic acid groups (broad SMARTS) is 1. The van der Waals surface area contributed by atoms with Gasteiger partial charge in [0.05, 0.1) is 17.9 Å². The summed E-state index contributed by atoms with van der Waals surface area (Å²) in [7, 11) is 0. The molecule has 0 saturated heterocycles. The van der Waals surface area contributed by atoms with Crippen LogP contribution in [0.3, 0.4) is 0 Å². The molecule has 8 nitrogen and oxygen atoms in total. The van der Waals surface area contributed by atoms with Crippen LogP contribution >= 0.6 is 0 Å². The number of esters is 1. The highest BCUT2D eigenvalue weighted by Gasteiger charge is 2.49. The molecule has 2 unspecified atom stereocenters. The molecule has 1 fully saturated rings. The number of hydrogen-bond acceptors (Lipinski definition) is 5. The van der Waals surface area contributed by atoms with Crippen molar-refractivity contribution in [1.82, 2.24) is 4.90 Å². The standard InChI is InChI=1S/C31H38N2O6/c1-2-39-29(37)24(15-14-22-10-4-3-5-11-22)20-31(18-8-9-19-31)30(38)33(21-27(34)35)26-17-16-23-12-6-7-13-25(23)32-28(26)36/h3-7,10-13,24,26H,2,8-9,14-21H2,1H3,(H,32,36)(H,34,35). The van der Waals surface area contributed by atoms with Gasteiger partial charge in [0.2, 0.25) is 11.8 Å². The molecule has 1 saturated carbocycles. The van der Waals surface area contributed by atoms with Gasteiger partial charge in [-0.1, -0.05) is 61.4 Å². The number of amides is 2. The number of benzene rings is 2. The Labute approximate surface area is 229 Å². The monoisotopic (exact) mass is 534 g/mol. The van der Waals surface area contributed by atoms with E-state index >= 15 is 0 Å². The maximum absolute atomic E-state index is 14.4. The minimum absolute atomic E-state index is 0.246. The van der Waals surface area contributed by atoms with Gasteiger partial charge in [-0.25, -0.2) is 0 Å². The molecule has 2 amide bonds. The fraction of sp³-hybridized carbons (Fsp3) is 0.484. The minimum atomic E-state index is -1.17. The van der Waals surface area contributed by atoms with Gasteiger partial charge >= 0.3 is 11.9 Å². The first kappa shape index (κ1) is 28.3. The van der Waals surface area contributed by atoms with Crippen LogP contribution < -0.4 is 5.32 Å². The van der Waals surface area contributed by atoms with Crippen LogP contribution in [0.15, 0.2) is 54.6 Å². The molecular formula is C31H38N2O6. The zero-order valence-electron chi connectivity index (χ0n) is 22.6. The number of hydrogen-bond donors (Lipinski definition) is 2. The Balaban J connectivity index is 1.60. The molecule has 1 aliphatic carbocycles. The van der Waals surface area contributed by atoms with E-state index in [1.165, 1.54) is 4.90 Å². The number of rotatable bonds is 11. The lowest BCUT2D eigenvalue weighted by molar-refractivity contribution is -0.158. The molecule has 0 radical (unpaired) electrons. The number of nitrogens with one attached hydrogen (secondary N) is 1. The third-order valence-electron chi connectivity index (χ3n) is 8.10. The van der Waals surface area contributed by atoms with E-state index in [2.05, 4.69) is 5.32 Å². The van der Waals surface area contributed by atoms with Crippen molar-refractivity contribution in [1.29, 1.82) is 0 Å². The Morgan fingerprint density at radius 2 is 1.77 bits per heavy atom. The lowest BCUT2D eigenvalue weighted by Crippen LogP contribution is -2.54. The highest BCUT2D eigenvalue weighted by molar-refractivity contribution is 6.00. The van der Waals surface area contributed by atoms with Crippen LogP contribution in [0.1, 0.15) is 63.0 Å². The minimum Gasteiger partial charge on any atom is -0.480 e. The van der Waals surface area contributed by atoms with Crippen molar-refractivity contribution in [3.63, 3.8) is 0 Å². The zero-order chi connectivity index (χ0) is 27.8. The van der Waals surface area contributed by atoms with Gasteiger partial charge in [0.1, 0.15) is 12.6 Å². The number of aliphatic carboxylic acids is 1. The van der Waals surface area contributed by atoms with Gasteiger partial charge in [-0.3, -0.25) is 19.2 Å². The largest absolute Gasteiger partial charge is 0.480 e. The second-order valence-electron chi connectivity index (χ2n) is 10.7. The molecule has 4 rings (SSSR count). The zero-order valence-corrected chi connectivity index (χ0v) is 22.6. The summed E-state index contributed by atoms with van der Waals surface area (Å²) in [4.78, 5) is 54.0. The highest BCUT2D eigenvalue weighted by atomic mass is 16.5. The third kappa shape index (κ3) is 6.85. The Morgan fingerprint density at radius 1 is 1.08 bits per heavy atom. The number of aryl methyl sites for hydroxylation is 2. The number of carboxylic acids is 1. The lowest BCUT2D eigenvalue weighted by atomic mass is 9.74. The Hall–Kier alpha value is -3.68. The molecule has 1 aliphatic heterocycles. The molecule has 0 bridgehead atoms. The van der Waals surface area contributed by atoms with Gasteiger partial charge in [0.15, 0.2) is 0 Å². The third-order valence-corrected chi connectivity index (χ3v) is 8.10. The predicted octanol–water partition coefficient (Wildman–Crippen LogP) is 4.62. The average molecular weight is 535 g/mol. The van der Waals surface area contributed by atoms with Crippen molar-refractivity contribution in [3.05, 3.63) is 65.7 Å². The normalized spacial score (nSPS) is 18.8. The van der Waals surface area contributed by atoms with E-state index < -0.39 is 29.9 Å². The van der Waals surface area contributed by atoms with Crippen molar-refractivity contribution in [3.8, 4) is 0 Å². The van der Waals surface area contributed by atoms with Gasteiger partial charge in [-0.2, -0.15) is 0 Å². The summed E-state index contributed by atoms with van der Waals surface area (Å²) in [5.41, 5.74) is 1.82. The van der Waals surface area contributed by atoms with Crippen LogP contribution in [-0.2, 0) is 36.8 Å². The molecule has 0 aromatic heterocycles. The van der Waals surface area contributed by atoms with Crippen LogP contribution in [0.4, 0.5) is 5.69 Å². The first-order valence-corrected chi connectivity index (χ1v) is 13.9. The van der Waals surface area contributed by atoms with E-state index in [0.29, 0.717) is 44.2 Å². The second kappa shape index (κ2) is 12.9. The maximum atomic E-state index is 14.4. The number of para-hydroxylation sites is 1. The number of nitrogens with zero attached hydrogens (tertiary/aromatic N) is 1. The van der Waals surface area contributed by atoms with Crippen LogP contribution in [-0.4, -0.2) is 53.0 Å². The molecule has 208 valence electrons. The molecule has 8 heteroatoms. The number of carbonyl (C=O) groups excluding carboxylic acids is 3. The average Bonchev–Trinajstić information content (AvgIpc) is 3.34. The summed E-state index contributed by atoms with van der Waals surface area (Å²) >= 11 is 0. The first-order chi connectivity index (χ1) is 18.8. The Bertz CT molecular complexity index is 1170. The van der Waals surface area contributed by atoms with E-state index in [-0.39, 0.29) is 30.8 Å². The van der Waals surface area contributed by atoms with Crippen molar-refractivity contribution >= 4 is 29.4 Å². The number of carbonyl (C=O) groups is 4. The molecule has 2 atom stereocenters. The van der Waals surface area contributed by atoms with E-state index in [1.807, 2.05) is 54.6 Å². The summed E-state index contributed by atoms with van der Waals surface area (Å²) in [6, 6.07) is 16.4. The fourth-order valence-corrected chi connectivity index (χ4v) is 6.15. The molecule has 2 aliphatic rings. The summed E-state index contributed by atoms with van der Waals surface area (Å²) in [6.45, 7) is 1.44. The van der Waals surface area contributed by atoms with E-state index in [4.69, 9.17) is 4.74 Å². The Morgan fingerprint density at radius 3 is 2.46 bits per heavy atom. The lowest BCUT2D eigenvalue weighted by Gasteiger charge is -2.38. The van der Waals surface area contributed by atoms with E-state index in [0.717, 1.165) is 24.0 Å². The quantitative estimate of drug-likeness (QED) is 0.407. The summed E-state index contributed by atoms with van der Waals surface area (Å²) in [5.74, 6) is -2.74. The maximum Gasteiger partial charge on any atom is 0.323 e. The predicted molar refractivity (Wildman–Crippen MR) is 147 cm³/mol. The SMILES string of the molecule is CCOC(=O)C(CCc1ccccc1)CC1(C(=O)N(CC(=O)O)C2CCc3ccccc3NC2=O)CCCC1. The van der Waals surface area contributed by atoms with Crippen molar-refractivity contribution in [2.24, 2.45) is 11.3 Å². The summed E-state index contributed by atoms with van der Waals surface area (Å²) in [6.07, 6.45) is 5.06. The van der Waals surface area contributed by atoms with Gasteiger partial charge in [0, 0.05) is 5.69 Å². The number of fused-ring (bicyclic) bond motifs is 1. The van der Waals surface area contributed by atoms with E-state index in [9.17, 15) is 24.3 Å². The molecule has 39 heavy (non-hydrogen) atoms. The molecule has 2 aromatic carbocycles. The molecule has 0 spiro atoms. The Kier molecular flexibility index (Phi) is 9.38. The van der Waals surface area contributed by atoms with Gasteiger partial charge in [-0.05, 0) is 69.1 Å². The van der Waals surface area contributed by atoms with Crippen molar-refractivity contribution < 1.29 is 29.0 Å². The smallest absolute Gasteiger partial charge is 0.323 e. The summed E-state index contributed by atoms with van der Waals surface area (Å²) < 4.78 is 5.42. The molecular weight excluding hydrogens is 496 g/mol. The molecule has 2 aromatic rings. The summed E-state index contributed by atoms with van der Waals surface area (Å²) in [5, 5.41) is 12.7. The van der Waals surface area contributed by atoms with Gasteiger partial charge in [0.25, 0.3) is 0 Å². The van der Waals surface area contributed by atoms with Gasteiger partial charge < -0.3 is 20.1 Å². The van der Waals surface area contributed by atoms with Gasteiger partial charge in [-0.15, -0.1) is 0 Å². The first-order valence-electron chi connectivity index (χ1n) is 13.9. The highest BCUT2D eigenvalue weighted by Crippen LogP contribution is 2.46. The van der Waals surface area contributed by atoms with Crippen LogP contribution in [0, 0.1) is 11.3 Å². The molecule has 1 heterocycles. The van der Waals surface area contributed by atoms with Crippen molar-refractivity contribution in [2.75, 3.05) is 18.5 Å². The van der Waals surface area contributed by atoms with Crippen LogP contribution in [0.25, 0.3) is 0 Å². The van der Waals surface area contributed by atoms with E-state index in [1.54, 1.807) is 6.92 Å². The van der Waals surface area contributed by atoms with Crippen LogP contribution in [0.2, 0.25) is 0 Å². The topological polar surface area (TPSA) is 113 Å².